The molecule has 3 aromatic heterocycles. The molecule has 0 aliphatic heterocycles. The summed E-state index contributed by atoms with van der Waals surface area (Å²) in [5.74, 6) is 0.353. The van der Waals surface area contributed by atoms with E-state index >= 15 is 0 Å². The molecule has 0 bridgehead atoms. The first-order valence-corrected chi connectivity index (χ1v) is 9.33. The second kappa shape index (κ2) is 6.03. The summed E-state index contributed by atoms with van der Waals surface area (Å²) < 4.78 is 0.947. The molecule has 8 heteroatoms. The fraction of sp³-hybridized carbons (Fsp3) is 0.0667. The molecule has 0 saturated heterocycles. The van der Waals surface area contributed by atoms with Crippen molar-refractivity contribution in [2.75, 3.05) is 5.75 Å². The fourth-order valence-corrected chi connectivity index (χ4v) is 4.32. The number of halogens is 1. The first-order chi connectivity index (χ1) is 11.2. The Morgan fingerprint density at radius 2 is 2.09 bits per heavy atom. The number of nitrogens with one attached hydrogen (secondary N) is 1. The van der Waals surface area contributed by atoms with Gasteiger partial charge in [0.1, 0.15) is 5.52 Å². The molecule has 0 aliphatic carbocycles. The van der Waals surface area contributed by atoms with Crippen LogP contribution in [0.1, 0.15) is 9.67 Å². The quantitative estimate of drug-likeness (QED) is 0.405. The van der Waals surface area contributed by atoms with Gasteiger partial charge in [0.15, 0.2) is 11.4 Å². The van der Waals surface area contributed by atoms with Gasteiger partial charge in [0.05, 0.1) is 14.4 Å². The van der Waals surface area contributed by atoms with Gasteiger partial charge in [-0.25, -0.2) is 4.98 Å². The molecule has 0 radical (unpaired) electrons. The van der Waals surface area contributed by atoms with E-state index in [1.165, 1.54) is 23.1 Å². The Labute approximate surface area is 147 Å². The Balaban J connectivity index is 1.57. The lowest BCUT2D eigenvalue weighted by molar-refractivity contribution is 0.102. The lowest BCUT2D eigenvalue weighted by Crippen LogP contribution is -2.01. The number of aromatic amines is 1. The summed E-state index contributed by atoms with van der Waals surface area (Å²) in [6.45, 7) is 0. The molecule has 0 atom stereocenters. The number of Topliss-reactive ketones (excluding diaryl/α,β-unsaturated/α-hetero) is 1. The van der Waals surface area contributed by atoms with Crippen LogP contribution in [-0.4, -0.2) is 31.7 Å². The standard InChI is InChI=1S/C15H9BrN4OS2/c16-12-6-5-11(23-12)10(21)7-22-15-18-14-13(19-20-15)8-3-1-2-4-9(8)17-14/h1-6H,7H2,(H,17,18,20). The van der Waals surface area contributed by atoms with Crippen molar-refractivity contribution in [3.8, 4) is 0 Å². The van der Waals surface area contributed by atoms with Crippen molar-refractivity contribution in [2.24, 2.45) is 0 Å². The molecule has 1 N–H and O–H groups in total. The Morgan fingerprint density at radius 1 is 1.22 bits per heavy atom. The largest absolute Gasteiger partial charge is 0.338 e. The molecule has 1 aromatic carbocycles. The number of fused-ring (bicyclic) bond motifs is 3. The summed E-state index contributed by atoms with van der Waals surface area (Å²) in [7, 11) is 0. The lowest BCUT2D eigenvalue weighted by Gasteiger charge is -1.98. The van der Waals surface area contributed by atoms with Crippen LogP contribution >= 0.6 is 39.0 Å². The average molecular weight is 405 g/mol. The fourth-order valence-electron chi connectivity index (χ4n) is 2.23. The molecule has 4 aromatic rings. The lowest BCUT2D eigenvalue weighted by atomic mass is 10.2. The molecule has 5 nitrogen and oxygen atoms in total. The maximum absolute atomic E-state index is 12.1. The van der Waals surface area contributed by atoms with E-state index in [1.807, 2.05) is 36.4 Å². The minimum absolute atomic E-state index is 0.0612. The van der Waals surface area contributed by atoms with Crippen molar-refractivity contribution in [3.63, 3.8) is 0 Å². The number of para-hydroxylation sites is 1. The summed E-state index contributed by atoms with van der Waals surface area (Å²) >= 11 is 6.08. The van der Waals surface area contributed by atoms with Crippen LogP contribution in [0, 0.1) is 0 Å². The Bertz CT molecular complexity index is 1030. The molecular weight excluding hydrogens is 396 g/mol. The van der Waals surface area contributed by atoms with Gasteiger partial charge in [-0.2, -0.15) is 0 Å². The number of thiophene rings is 1. The summed E-state index contributed by atoms with van der Waals surface area (Å²) in [5.41, 5.74) is 2.42. The second-order valence-electron chi connectivity index (χ2n) is 4.78. The molecule has 0 fully saturated rings. The van der Waals surface area contributed by atoms with E-state index in [0.717, 1.165) is 25.1 Å². The highest BCUT2D eigenvalue weighted by atomic mass is 79.9. The molecule has 114 valence electrons. The Kier molecular flexibility index (Phi) is 3.88. The van der Waals surface area contributed by atoms with Gasteiger partial charge >= 0.3 is 0 Å². The van der Waals surface area contributed by atoms with Gasteiger partial charge in [-0.15, -0.1) is 21.5 Å². The van der Waals surface area contributed by atoms with E-state index in [9.17, 15) is 4.79 Å². The topological polar surface area (TPSA) is 71.5 Å². The Hall–Kier alpha value is -1.77. The number of hydrogen-bond acceptors (Lipinski definition) is 6. The number of carbonyl (C=O) groups is 1. The Morgan fingerprint density at radius 3 is 2.91 bits per heavy atom. The van der Waals surface area contributed by atoms with Crippen LogP contribution in [0.2, 0.25) is 0 Å². The van der Waals surface area contributed by atoms with Gasteiger partial charge < -0.3 is 4.98 Å². The average Bonchev–Trinajstić information content (AvgIpc) is 3.15. The van der Waals surface area contributed by atoms with E-state index in [0.29, 0.717) is 16.6 Å². The maximum atomic E-state index is 12.1. The highest BCUT2D eigenvalue weighted by Gasteiger charge is 2.12. The number of aromatic nitrogens is 4. The number of benzene rings is 1. The van der Waals surface area contributed by atoms with Crippen molar-refractivity contribution in [1.82, 2.24) is 20.2 Å². The van der Waals surface area contributed by atoms with Crippen LogP contribution in [0.15, 0.2) is 45.3 Å². The number of hydrogen-bond donors (Lipinski definition) is 1. The first kappa shape index (κ1) is 14.8. The number of carbonyl (C=O) groups excluding carboxylic acids is 1. The van der Waals surface area contributed by atoms with Crippen LogP contribution in [0.25, 0.3) is 22.1 Å². The molecule has 0 unspecified atom stereocenters. The number of rotatable bonds is 4. The molecule has 0 aliphatic rings. The van der Waals surface area contributed by atoms with E-state index in [-0.39, 0.29) is 5.78 Å². The predicted molar refractivity (Wildman–Crippen MR) is 96.3 cm³/mol. The van der Waals surface area contributed by atoms with Gasteiger partial charge in [0.25, 0.3) is 0 Å². The van der Waals surface area contributed by atoms with E-state index in [4.69, 9.17) is 0 Å². The van der Waals surface area contributed by atoms with Gasteiger partial charge in [-0.05, 0) is 34.1 Å². The second-order valence-corrected chi connectivity index (χ2v) is 8.18. The van der Waals surface area contributed by atoms with Crippen molar-refractivity contribution in [3.05, 3.63) is 45.1 Å². The van der Waals surface area contributed by atoms with Crippen molar-refractivity contribution in [1.29, 1.82) is 0 Å². The van der Waals surface area contributed by atoms with Crippen LogP contribution in [-0.2, 0) is 0 Å². The number of thioether (sulfide) groups is 1. The minimum atomic E-state index is 0.0612. The summed E-state index contributed by atoms with van der Waals surface area (Å²) in [4.78, 5) is 20.5. The zero-order valence-electron chi connectivity index (χ0n) is 11.6. The minimum Gasteiger partial charge on any atom is -0.338 e. The zero-order valence-corrected chi connectivity index (χ0v) is 14.8. The molecule has 0 spiro atoms. The van der Waals surface area contributed by atoms with Crippen LogP contribution in [0.5, 0.6) is 0 Å². The van der Waals surface area contributed by atoms with E-state index < -0.39 is 0 Å². The first-order valence-electron chi connectivity index (χ1n) is 6.73. The third-order valence-corrected chi connectivity index (χ3v) is 5.79. The molecule has 0 amide bonds. The summed E-state index contributed by atoms with van der Waals surface area (Å²) in [6, 6.07) is 11.6. The summed E-state index contributed by atoms with van der Waals surface area (Å²) in [6.07, 6.45) is 0. The third-order valence-electron chi connectivity index (χ3n) is 3.28. The maximum Gasteiger partial charge on any atom is 0.211 e. The predicted octanol–water partition coefficient (Wildman–Crippen LogP) is 4.31. The highest BCUT2D eigenvalue weighted by Crippen LogP contribution is 2.26. The smallest absolute Gasteiger partial charge is 0.211 e. The monoisotopic (exact) mass is 404 g/mol. The molecule has 3 heterocycles. The molecule has 4 rings (SSSR count). The van der Waals surface area contributed by atoms with Crippen LogP contribution < -0.4 is 0 Å². The van der Waals surface area contributed by atoms with Gasteiger partial charge in [0, 0.05) is 10.9 Å². The van der Waals surface area contributed by atoms with Crippen molar-refractivity contribution < 1.29 is 4.79 Å². The van der Waals surface area contributed by atoms with Crippen LogP contribution in [0.4, 0.5) is 0 Å². The highest BCUT2D eigenvalue weighted by molar-refractivity contribution is 9.11. The molecular formula is C15H9BrN4OS2. The molecule has 0 saturated carbocycles. The van der Waals surface area contributed by atoms with Gasteiger partial charge in [-0.3, -0.25) is 4.79 Å². The van der Waals surface area contributed by atoms with Gasteiger partial charge in [0.2, 0.25) is 5.16 Å². The van der Waals surface area contributed by atoms with Crippen molar-refractivity contribution in [2.45, 2.75) is 5.16 Å². The number of ketones is 1. The molecule has 23 heavy (non-hydrogen) atoms. The van der Waals surface area contributed by atoms with E-state index in [1.54, 1.807) is 0 Å². The SMILES string of the molecule is O=C(CSc1nnc2c(n1)[nH]c1ccccc12)c1ccc(Br)s1. The van der Waals surface area contributed by atoms with Crippen LogP contribution in [0.3, 0.4) is 0 Å². The third kappa shape index (κ3) is 2.89. The van der Waals surface area contributed by atoms with Crippen molar-refractivity contribution >= 4 is 66.9 Å². The van der Waals surface area contributed by atoms with E-state index in [2.05, 4.69) is 36.1 Å². The number of H-pyrrole nitrogens is 1. The van der Waals surface area contributed by atoms with Gasteiger partial charge in [-0.1, -0.05) is 30.0 Å². The zero-order chi connectivity index (χ0) is 15.8. The number of nitrogens with zero attached hydrogens (tertiary/aromatic N) is 3. The summed E-state index contributed by atoms with van der Waals surface area (Å²) in [5, 5.41) is 9.86. The normalized spacial score (nSPS) is 11.3.